The summed E-state index contributed by atoms with van der Waals surface area (Å²) in [6.45, 7) is 4.09. The summed E-state index contributed by atoms with van der Waals surface area (Å²) in [5.41, 5.74) is 0.0855. The maximum atomic E-state index is 12.7. The standard InChI is InChI=1S/C15H23N3O4S.ClH/c1-3-22-12(19)8-11-9-23-14(17-11)18-13(20)15(10-21-2)4-6-16-7-5-15;/h9,16H,3-8,10H2,1-2H3,(H,17,18,20);1H. The van der Waals surface area contributed by atoms with Gasteiger partial charge in [-0.3, -0.25) is 9.59 Å². The van der Waals surface area contributed by atoms with Gasteiger partial charge in [0.25, 0.3) is 0 Å². The topological polar surface area (TPSA) is 89.5 Å². The fourth-order valence-electron chi connectivity index (χ4n) is 2.65. The molecule has 0 bridgehead atoms. The number of nitrogens with zero attached hydrogens (tertiary/aromatic N) is 1. The summed E-state index contributed by atoms with van der Waals surface area (Å²) < 4.78 is 10.2. The van der Waals surface area contributed by atoms with Gasteiger partial charge in [-0.1, -0.05) is 0 Å². The number of piperidine rings is 1. The first kappa shape index (κ1) is 20.8. The average Bonchev–Trinajstić information content (AvgIpc) is 2.95. The van der Waals surface area contributed by atoms with Crippen molar-refractivity contribution in [2.24, 2.45) is 5.41 Å². The van der Waals surface area contributed by atoms with Crippen LogP contribution in [-0.2, 0) is 25.5 Å². The van der Waals surface area contributed by atoms with E-state index in [1.54, 1.807) is 19.4 Å². The predicted molar refractivity (Wildman–Crippen MR) is 94.7 cm³/mol. The lowest BCUT2D eigenvalue weighted by molar-refractivity contribution is -0.142. The molecule has 0 aliphatic carbocycles. The Bertz CT molecular complexity index is 541. The van der Waals surface area contributed by atoms with Crippen molar-refractivity contribution in [2.45, 2.75) is 26.2 Å². The smallest absolute Gasteiger partial charge is 0.311 e. The summed E-state index contributed by atoms with van der Waals surface area (Å²) in [7, 11) is 1.61. The van der Waals surface area contributed by atoms with Crippen LogP contribution in [0.2, 0.25) is 0 Å². The van der Waals surface area contributed by atoms with Crippen LogP contribution in [0, 0.1) is 5.41 Å². The molecular weight excluding hydrogens is 354 g/mol. The number of esters is 1. The van der Waals surface area contributed by atoms with E-state index in [4.69, 9.17) is 9.47 Å². The molecule has 1 aromatic rings. The van der Waals surface area contributed by atoms with E-state index in [1.165, 1.54) is 11.3 Å². The SMILES string of the molecule is CCOC(=O)Cc1csc(NC(=O)C2(COC)CCNCC2)n1.Cl. The molecule has 2 rings (SSSR count). The molecule has 0 spiro atoms. The number of methoxy groups -OCH3 is 1. The molecule has 0 saturated carbocycles. The van der Waals surface area contributed by atoms with Crippen LogP contribution in [-0.4, -0.2) is 50.3 Å². The lowest BCUT2D eigenvalue weighted by Crippen LogP contribution is -2.47. The van der Waals surface area contributed by atoms with Crippen molar-refractivity contribution in [2.75, 3.05) is 38.7 Å². The van der Waals surface area contributed by atoms with Gasteiger partial charge in [0.05, 0.1) is 30.7 Å². The van der Waals surface area contributed by atoms with Crippen molar-refractivity contribution < 1.29 is 19.1 Å². The molecule has 7 nitrogen and oxygen atoms in total. The number of carbonyl (C=O) groups excluding carboxylic acids is 2. The normalized spacial score (nSPS) is 16.1. The molecule has 0 radical (unpaired) electrons. The number of thiazole rings is 1. The second-order valence-electron chi connectivity index (χ2n) is 5.54. The zero-order valence-corrected chi connectivity index (χ0v) is 15.6. The summed E-state index contributed by atoms with van der Waals surface area (Å²) in [5, 5.41) is 8.39. The van der Waals surface area contributed by atoms with Crippen LogP contribution in [0.3, 0.4) is 0 Å². The second-order valence-corrected chi connectivity index (χ2v) is 6.40. The molecule has 24 heavy (non-hydrogen) atoms. The molecular formula is C15H24ClN3O4S. The first-order chi connectivity index (χ1) is 11.1. The van der Waals surface area contributed by atoms with Gasteiger partial charge in [-0.15, -0.1) is 23.7 Å². The van der Waals surface area contributed by atoms with E-state index in [9.17, 15) is 9.59 Å². The van der Waals surface area contributed by atoms with Crippen LogP contribution in [0.1, 0.15) is 25.5 Å². The first-order valence-corrected chi connectivity index (χ1v) is 8.59. The van der Waals surface area contributed by atoms with Crippen LogP contribution in [0.25, 0.3) is 0 Å². The molecule has 1 aromatic heterocycles. The van der Waals surface area contributed by atoms with Crippen LogP contribution >= 0.6 is 23.7 Å². The molecule has 9 heteroatoms. The Balaban J connectivity index is 0.00000288. The summed E-state index contributed by atoms with van der Waals surface area (Å²) in [6, 6.07) is 0. The Kier molecular flexibility index (Phi) is 8.61. The van der Waals surface area contributed by atoms with E-state index < -0.39 is 5.41 Å². The van der Waals surface area contributed by atoms with Crippen molar-refractivity contribution in [3.05, 3.63) is 11.1 Å². The van der Waals surface area contributed by atoms with Crippen molar-refractivity contribution in [1.29, 1.82) is 0 Å². The maximum Gasteiger partial charge on any atom is 0.311 e. The van der Waals surface area contributed by atoms with Crippen molar-refractivity contribution in [1.82, 2.24) is 10.3 Å². The number of hydrogen-bond acceptors (Lipinski definition) is 7. The summed E-state index contributed by atoms with van der Waals surface area (Å²) in [6.07, 6.45) is 1.58. The Morgan fingerprint density at radius 3 is 2.75 bits per heavy atom. The minimum Gasteiger partial charge on any atom is -0.466 e. The molecule has 1 fully saturated rings. The van der Waals surface area contributed by atoms with Crippen molar-refractivity contribution >= 4 is 40.8 Å². The third kappa shape index (κ3) is 5.41. The van der Waals surface area contributed by atoms with Gasteiger partial charge in [-0.05, 0) is 32.9 Å². The van der Waals surface area contributed by atoms with Gasteiger partial charge in [0.1, 0.15) is 0 Å². The van der Waals surface area contributed by atoms with Crippen LogP contribution < -0.4 is 10.6 Å². The van der Waals surface area contributed by atoms with E-state index in [1.807, 2.05) is 0 Å². The third-order valence-electron chi connectivity index (χ3n) is 3.87. The van der Waals surface area contributed by atoms with Gasteiger partial charge in [-0.25, -0.2) is 4.98 Å². The Hall–Kier alpha value is -1.22. The van der Waals surface area contributed by atoms with Gasteiger partial charge in [0.2, 0.25) is 5.91 Å². The Morgan fingerprint density at radius 1 is 1.42 bits per heavy atom. The van der Waals surface area contributed by atoms with Gasteiger partial charge in [0.15, 0.2) is 5.13 Å². The highest BCUT2D eigenvalue weighted by Crippen LogP contribution is 2.31. The van der Waals surface area contributed by atoms with E-state index in [0.29, 0.717) is 24.0 Å². The lowest BCUT2D eigenvalue weighted by atomic mass is 9.79. The van der Waals surface area contributed by atoms with Crippen molar-refractivity contribution in [3.8, 4) is 0 Å². The quantitative estimate of drug-likeness (QED) is 0.702. The summed E-state index contributed by atoms with van der Waals surface area (Å²) >= 11 is 1.31. The minimum absolute atomic E-state index is 0. The number of halogens is 1. The highest BCUT2D eigenvalue weighted by atomic mass is 35.5. The fourth-order valence-corrected chi connectivity index (χ4v) is 3.36. The van der Waals surface area contributed by atoms with Crippen LogP contribution in [0.4, 0.5) is 5.13 Å². The number of nitrogens with one attached hydrogen (secondary N) is 2. The molecule has 0 atom stereocenters. The molecule has 0 unspecified atom stereocenters. The van der Waals surface area contributed by atoms with Gasteiger partial charge < -0.3 is 20.1 Å². The van der Waals surface area contributed by atoms with Gasteiger partial charge >= 0.3 is 5.97 Å². The van der Waals surface area contributed by atoms with Gasteiger partial charge in [0, 0.05) is 12.5 Å². The van der Waals surface area contributed by atoms with E-state index >= 15 is 0 Å². The largest absolute Gasteiger partial charge is 0.466 e. The zero-order chi connectivity index (χ0) is 16.7. The number of hydrogen-bond donors (Lipinski definition) is 2. The molecule has 2 N–H and O–H groups in total. The molecule has 136 valence electrons. The number of ether oxygens (including phenoxy) is 2. The van der Waals surface area contributed by atoms with E-state index in [0.717, 1.165) is 25.9 Å². The maximum absolute atomic E-state index is 12.7. The highest BCUT2D eigenvalue weighted by molar-refractivity contribution is 7.13. The van der Waals surface area contributed by atoms with Crippen molar-refractivity contribution in [3.63, 3.8) is 0 Å². The Labute approximate surface area is 151 Å². The molecule has 0 aromatic carbocycles. The predicted octanol–water partition coefficient (Wildman–Crippen LogP) is 1.63. The van der Waals surface area contributed by atoms with E-state index in [2.05, 4.69) is 15.6 Å². The first-order valence-electron chi connectivity index (χ1n) is 7.71. The summed E-state index contributed by atoms with van der Waals surface area (Å²) in [5.74, 6) is -0.386. The molecule has 2 heterocycles. The van der Waals surface area contributed by atoms with Gasteiger partial charge in [-0.2, -0.15) is 0 Å². The molecule has 1 aliphatic heterocycles. The number of carbonyl (C=O) groups is 2. The van der Waals surface area contributed by atoms with Crippen LogP contribution in [0.5, 0.6) is 0 Å². The fraction of sp³-hybridized carbons (Fsp3) is 0.667. The monoisotopic (exact) mass is 377 g/mol. The molecule has 1 saturated heterocycles. The Morgan fingerprint density at radius 2 is 2.12 bits per heavy atom. The van der Waals surface area contributed by atoms with Crippen LogP contribution in [0.15, 0.2) is 5.38 Å². The average molecular weight is 378 g/mol. The molecule has 1 aliphatic rings. The minimum atomic E-state index is -0.521. The highest BCUT2D eigenvalue weighted by Gasteiger charge is 2.40. The number of rotatable bonds is 7. The molecule has 1 amide bonds. The number of anilines is 1. The third-order valence-corrected chi connectivity index (χ3v) is 4.67. The summed E-state index contributed by atoms with van der Waals surface area (Å²) in [4.78, 5) is 28.4. The number of aromatic nitrogens is 1. The number of amides is 1. The zero-order valence-electron chi connectivity index (χ0n) is 13.9. The van der Waals surface area contributed by atoms with E-state index in [-0.39, 0.29) is 30.7 Å². The lowest BCUT2D eigenvalue weighted by Gasteiger charge is -2.35. The second kappa shape index (κ2) is 9.93.